The number of aliphatic hydroxyl groups excluding tert-OH is 1. The van der Waals surface area contributed by atoms with Crippen molar-refractivity contribution < 1.29 is 56.5 Å². The van der Waals surface area contributed by atoms with E-state index < -0.39 is 59.4 Å². The van der Waals surface area contributed by atoms with Gasteiger partial charge in [0.25, 0.3) is 5.91 Å². The van der Waals surface area contributed by atoms with E-state index in [9.17, 15) is 42.3 Å². The second-order valence-electron chi connectivity index (χ2n) is 20.1. The number of pyridine rings is 1. The number of ether oxygens (including phenoxy) is 3. The largest absolute Gasteiger partial charge is 0.573 e. The maximum Gasteiger partial charge on any atom is 0.573 e. The minimum atomic E-state index is -5.04. The lowest BCUT2D eigenvalue weighted by Crippen LogP contribution is -2.56. The van der Waals surface area contributed by atoms with E-state index in [0.29, 0.717) is 36.0 Å². The Kier molecular flexibility index (Phi) is 15.7. The maximum absolute atomic E-state index is 14.2. The van der Waals surface area contributed by atoms with Crippen molar-refractivity contribution in [2.45, 2.75) is 135 Å². The number of β-amino-alcohol motifs (C(OH)–C–C–N with tert-alkyl or cyclic N) is 1. The van der Waals surface area contributed by atoms with Crippen LogP contribution in [0.1, 0.15) is 126 Å². The molecule has 0 bridgehead atoms. The molecule has 3 fully saturated rings. The molecule has 2 aromatic heterocycles. The number of hydrogen-bond acceptors (Lipinski definition) is 12. The molecular weight excluding hydrogens is 928 g/mol. The summed E-state index contributed by atoms with van der Waals surface area (Å²) in [5.74, 6) is -0.740. The minimum absolute atomic E-state index is 0.0142. The molecule has 4 heterocycles. The number of fused-ring (bicyclic) bond motifs is 1. The molecule has 1 aromatic carbocycles. The standard InChI is InChI=1S/C50H64F3N9O9/c1-28(2)41(60-46(67)69-7)44(65)62-37-11-9-8-10-31(37)22-38(62)42-57-26-36(59-42)30-14-12-29(13-15-30)35-18-16-32(23-39(35)70-50(51,52)53)43(64)58-33-17-19-40(56-25-33)54-20-21-55-45(66)49(6)24-34(63)27-61(49)47(68)71-48(3,4)5/h12,14,16-19,23,25-26,28,31,34,37-38,41,63H,8-11,13,15,20-22,24,27H2,1-7H3,(H,54,56)(H,55,66)(H,57,59)(H,58,64)(H,60,67). The topological polar surface area (TPSA) is 229 Å². The number of hydrogen-bond donors (Lipinski definition) is 6. The van der Waals surface area contributed by atoms with Gasteiger partial charge in [0.1, 0.15) is 34.6 Å². The molecular formula is C50H64F3N9O9. The highest BCUT2D eigenvalue weighted by atomic mass is 19.4. The van der Waals surface area contributed by atoms with E-state index in [1.54, 1.807) is 52.1 Å². The molecule has 0 spiro atoms. The highest BCUT2D eigenvalue weighted by molar-refractivity contribution is 6.05. The molecule has 0 radical (unpaired) electrons. The molecule has 6 unspecified atom stereocenters. The molecule has 18 nitrogen and oxygen atoms in total. The third-order valence-electron chi connectivity index (χ3n) is 13.4. The zero-order valence-electron chi connectivity index (χ0n) is 41.1. The molecule has 2 aliphatic carbocycles. The molecule has 6 N–H and O–H groups in total. The van der Waals surface area contributed by atoms with Gasteiger partial charge in [-0.25, -0.2) is 19.6 Å². The number of methoxy groups -OCH3 is 1. The Bertz CT molecular complexity index is 2520. The van der Waals surface area contributed by atoms with Crippen LogP contribution >= 0.6 is 0 Å². The number of carbonyl (C=O) groups excluding carboxylic acids is 5. The minimum Gasteiger partial charge on any atom is -0.453 e. The van der Waals surface area contributed by atoms with E-state index in [0.717, 1.165) is 49.4 Å². The lowest BCUT2D eigenvalue weighted by molar-refractivity contribution is -0.274. The third-order valence-corrected chi connectivity index (χ3v) is 13.4. The summed E-state index contributed by atoms with van der Waals surface area (Å²) in [5.41, 5.74) is 0.396. The average Bonchev–Trinajstić information content (AvgIpc) is 4.04. The van der Waals surface area contributed by atoms with E-state index in [2.05, 4.69) is 36.0 Å². The molecule has 21 heteroatoms. The Morgan fingerprint density at radius 1 is 0.972 bits per heavy atom. The van der Waals surface area contributed by atoms with E-state index >= 15 is 0 Å². The van der Waals surface area contributed by atoms with E-state index in [1.165, 1.54) is 30.3 Å². The molecule has 384 valence electrons. The predicted octanol–water partition coefficient (Wildman–Crippen LogP) is 7.72. The van der Waals surface area contributed by atoms with Crippen LogP contribution in [-0.4, -0.2) is 122 Å². The number of anilines is 2. The van der Waals surface area contributed by atoms with Crippen LogP contribution in [0.3, 0.4) is 0 Å². The van der Waals surface area contributed by atoms with Crippen molar-refractivity contribution in [3.63, 3.8) is 0 Å². The van der Waals surface area contributed by atoms with Crippen LogP contribution in [0.5, 0.6) is 5.75 Å². The molecule has 3 aromatic rings. The molecule has 2 aliphatic heterocycles. The summed E-state index contributed by atoms with van der Waals surface area (Å²) >= 11 is 0. The second-order valence-corrected chi connectivity index (χ2v) is 20.1. The lowest BCUT2D eigenvalue weighted by atomic mass is 9.84. The number of aromatic nitrogens is 3. The van der Waals surface area contributed by atoms with Crippen molar-refractivity contribution >= 4 is 52.6 Å². The van der Waals surface area contributed by atoms with Crippen LogP contribution in [0.2, 0.25) is 0 Å². The number of likely N-dealkylation sites (tertiary alicyclic amines) is 2. The second kappa shape index (κ2) is 21.4. The number of benzene rings is 1. The van der Waals surface area contributed by atoms with Crippen molar-refractivity contribution in [2.75, 3.05) is 37.4 Å². The first-order valence-corrected chi connectivity index (χ1v) is 24.0. The van der Waals surface area contributed by atoms with Gasteiger partial charge in [0, 0.05) is 36.7 Å². The van der Waals surface area contributed by atoms with Crippen molar-refractivity contribution in [1.82, 2.24) is 35.4 Å². The first-order valence-electron chi connectivity index (χ1n) is 24.0. The van der Waals surface area contributed by atoms with Gasteiger partial charge < -0.3 is 50.5 Å². The fourth-order valence-corrected chi connectivity index (χ4v) is 9.96. The number of carbonyl (C=O) groups is 5. The smallest absolute Gasteiger partial charge is 0.453 e. The number of H-pyrrole nitrogens is 1. The van der Waals surface area contributed by atoms with Crippen LogP contribution in [0, 0.1) is 11.8 Å². The van der Waals surface area contributed by atoms with Crippen molar-refractivity contribution in [2.24, 2.45) is 11.8 Å². The van der Waals surface area contributed by atoms with E-state index in [4.69, 9.17) is 14.5 Å². The summed E-state index contributed by atoms with van der Waals surface area (Å²) in [6.07, 6.45) is 4.79. The van der Waals surface area contributed by atoms with Gasteiger partial charge in [-0.1, -0.05) is 44.9 Å². The van der Waals surface area contributed by atoms with E-state index in [-0.39, 0.29) is 66.8 Å². The fourth-order valence-electron chi connectivity index (χ4n) is 9.96. The number of halogens is 3. The van der Waals surface area contributed by atoms with Gasteiger partial charge >= 0.3 is 18.5 Å². The van der Waals surface area contributed by atoms with Gasteiger partial charge in [-0.3, -0.25) is 19.3 Å². The first-order chi connectivity index (χ1) is 33.5. The Morgan fingerprint density at radius 2 is 1.70 bits per heavy atom. The lowest BCUT2D eigenvalue weighted by Gasteiger charge is -2.36. The molecule has 2 saturated heterocycles. The Morgan fingerprint density at radius 3 is 2.37 bits per heavy atom. The number of aliphatic hydroxyl groups is 1. The Balaban J connectivity index is 0.978. The van der Waals surface area contributed by atoms with Crippen LogP contribution < -0.4 is 26.0 Å². The molecule has 4 aliphatic rings. The number of aromatic amines is 1. The highest BCUT2D eigenvalue weighted by Crippen LogP contribution is 2.47. The van der Waals surface area contributed by atoms with Gasteiger partial charge in [0.15, 0.2) is 0 Å². The van der Waals surface area contributed by atoms with Gasteiger partial charge in [-0.05, 0) is 107 Å². The monoisotopic (exact) mass is 991 g/mol. The number of imidazole rings is 1. The van der Waals surface area contributed by atoms with Gasteiger partial charge in [-0.2, -0.15) is 0 Å². The summed E-state index contributed by atoms with van der Waals surface area (Å²) in [4.78, 5) is 81.5. The zero-order chi connectivity index (χ0) is 51.4. The fraction of sp³-hybridized carbons (Fsp3) is 0.540. The van der Waals surface area contributed by atoms with Crippen molar-refractivity contribution in [3.8, 4) is 5.75 Å². The maximum atomic E-state index is 14.2. The molecule has 5 amide bonds. The highest BCUT2D eigenvalue weighted by Gasteiger charge is 2.51. The predicted molar refractivity (Wildman–Crippen MR) is 257 cm³/mol. The number of alkyl halides is 3. The molecule has 1 saturated carbocycles. The van der Waals surface area contributed by atoms with Gasteiger partial charge in [0.2, 0.25) is 11.8 Å². The summed E-state index contributed by atoms with van der Waals surface area (Å²) in [5, 5.41) is 21.5. The zero-order valence-corrected chi connectivity index (χ0v) is 41.1. The Labute approximate surface area is 410 Å². The SMILES string of the molecule is COC(=O)NC(C(=O)N1C(c2ncc(C3=CC=C(c4ccc(C(=O)Nc5ccc(NCCNC(=O)C6(C)CC(O)CN6C(=O)OC(C)(C)C)nc5)cc4OC(F)(F)F)CC3)[nH]2)CC2CCCCC21)C(C)C. The number of alkyl carbamates (subject to hydrolysis) is 1. The summed E-state index contributed by atoms with van der Waals surface area (Å²) in [6, 6.07) is 5.91. The third kappa shape index (κ3) is 12.5. The number of amides is 5. The van der Waals surface area contributed by atoms with Crippen LogP contribution in [0.4, 0.5) is 34.3 Å². The van der Waals surface area contributed by atoms with Crippen LogP contribution in [-0.2, 0) is 19.1 Å². The Hall–Kier alpha value is -6.64. The number of rotatable bonds is 14. The summed E-state index contributed by atoms with van der Waals surface area (Å²) < 4.78 is 56.2. The first kappa shape index (κ1) is 52.2. The van der Waals surface area contributed by atoms with Crippen molar-refractivity contribution in [3.05, 3.63) is 77.5 Å². The van der Waals surface area contributed by atoms with Gasteiger partial charge in [0.05, 0.1) is 49.6 Å². The number of nitrogens with one attached hydrogen (secondary N) is 5. The van der Waals surface area contributed by atoms with Crippen molar-refractivity contribution in [1.29, 1.82) is 0 Å². The quantitative estimate of drug-likeness (QED) is 0.0854. The molecule has 7 rings (SSSR count). The van der Waals surface area contributed by atoms with E-state index in [1.807, 2.05) is 24.8 Å². The molecule has 71 heavy (non-hydrogen) atoms. The van der Waals surface area contributed by atoms with Crippen LogP contribution in [0.25, 0.3) is 11.1 Å². The normalized spacial score (nSPS) is 22.7. The number of nitrogens with zero attached hydrogens (tertiary/aromatic N) is 4. The summed E-state index contributed by atoms with van der Waals surface area (Å²) in [7, 11) is 1.26. The average molecular weight is 992 g/mol. The number of allylic oxidation sites excluding steroid dienone is 4. The summed E-state index contributed by atoms with van der Waals surface area (Å²) in [6.45, 7) is 10.8. The molecule has 6 atom stereocenters. The van der Waals surface area contributed by atoms with Gasteiger partial charge in [-0.15, -0.1) is 13.2 Å². The van der Waals surface area contributed by atoms with Crippen LogP contribution in [0.15, 0.2) is 54.9 Å².